The van der Waals surface area contributed by atoms with Gasteiger partial charge >= 0.3 is 12.0 Å². The monoisotopic (exact) mass is 312 g/mol. The van der Waals surface area contributed by atoms with Gasteiger partial charge in [0.05, 0.1) is 5.56 Å². The molecular formula is C16H12N2O5. The number of hydrogen-bond donors (Lipinski definition) is 3. The third-order valence-electron chi connectivity index (χ3n) is 3.46. The van der Waals surface area contributed by atoms with Gasteiger partial charge in [-0.3, -0.25) is 10.1 Å². The molecule has 1 aromatic heterocycles. The van der Waals surface area contributed by atoms with Crippen LogP contribution in [0.2, 0.25) is 0 Å². The van der Waals surface area contributed by atoms with Gasteiger partial charge in [0, 0.05) is 11.6 Å². The first-order valence-electron chi connectivity index (χ1n) is 6.73. The zero-order chi connectivity index (χ0) is 16.6. The molecule has 7 nitrogen and oxygen atoms in total. The van der Waals surface area contributed by atoms with E-state index < -0.39 is 17.9 Å². The number of aromatic carboxylic acids is 1. The summed E-state index contributed by atoms with van der Waals surface area (Å²) in [5.74, 6) is -0.699. The van der Waals surface area contributed by atoms with Gasteiger partial charge in [-0.05, 0) is 30.7 Å². The number of carbonyl (C=O) groups is 3. The lowest BCUT2D eigenvalue weighted by Gasteiger charge is -2.05. The maximum atomic E-state index is 11.5. The summed E-state index contributed by atoms with van der Waals surface area (Å²) in [6.45, 7) is 1.70. The third kappa shape index (κ3) is 2.71. The number of furan rings is 1. The van der Waals surface area contributed by atoms with Crippen molar-refractivity contribution in [1.82, 2.24) is 10.6 Å². The van der Waals surface area contributed by atoms with E-state index in [0.29, 0.717) is 22.6 Å². The predicted octanol–water partition coefficient (Wildman–Crippen LogP) is 2.13. The highest BCUT2D eigenvalue weighted by atomic mass is 16.4. The summed E-state index contributed by atoms with van der Waals surface area (Å²) in [5, 5.41) is 13.6. The Morgan fingerprint density at radius 3 is 2.61 bits per heavy atom. The van der Waals surface area contributed by atoms with Gasteiger partial charge in [0.2, 0.25) is 0 Å². The third-order valence-corrected chi connectivity index (χ3v) is 3.46. The van der Waals surface area contributed by atoms with Crippen LogP contribution in [-0.4, -0.2) is 23.0 Å². The molecule has 0 saturated carbocycles. The lowest BCUT2D eigenvalue weighted by molar-refractivity contribution is -0.115. The first-order chi connectivity index (χ1) is 11.0. The second-order valence-electron chi connectivity index (χ2n) is 4.95. The molecule has 7 heteroatoms. The van der Waals surface area contributed by atoms with Crippen LogP contribution in [-0.2, 0) is 4.79 Å². The topological polar surface area (TPSA) is 109 Å². The molecule has 116 valence electrons. The van der Waals surface area contributed by atoms with Crippen molar-refractivity contribution in [3.05, 3.63) is 52.9 Å². The maximum absolute atomic E-state index is 11.5. The van der Waals surface area contributed by atoms with Gasteiger partial charge < -0.3 is 14.8 Å². The van der Waals surface area contributed by atoms with Crippen molar-refractivity contribution in [2.24, 2.45) is 0 Å². The summed E-state index contributed by atoms with van der Waals surface area (Å²) in [6, 6.07) is 7.63. The fraction of sp³-hybridized carbons (Fsp3) is 0.0625. The first-order valence-corrected chi connectivity index (χ1v) is 6.73. The summed E-state index contributed by atoms with van der Waals surface area (Å²) in [4.78, 5) is 33.7. The van der Waals surface area contributed by atoms with Crippen LogP contribution in [0, 0.1) is 6.92 Å². The number of imide groups is 1. The highest BCUT2D eigenvalue weighted by Crippen LogP contribution is 2.28. The molecule has 1 saturated heterocycles. The highest BCUT2D eigenvalue weighted by molar-refractivity contribution is 6.13. The molecule has 0 atom stereocenters. The smallest absolute Gasteiger partial charge is 0.335 e. The molecule has 1 aromatic carbocycles. The predicted molar refractivity (Wildman–Crippen MR) is 80.5 cm³/mol. The molecule has 3 N–H and O–H groups in total. The molecule has 0 unspecified atom stereocenters. The van der Waals surface area contributed by atoms with E-state index in [-0.39, 0.29) is 11.3 Å². The van der Waals surface area contributed by atoms with Gasteiger partial charge in [-0.2, -0.15) is 0 Å². The van der Waals surface area contributed by atoms with Crippen LogP contribution >= 0.6 is 0 Å². The molecule has 3 rings (SSSR count). The summed E-state index contributed by atoms with van der Waals surface area (Å²) >= 11 is 0. The summed E-state index contributed by atoms with van der Waals surface area (Å²) in [5.41, 5.74) is 1.52. The van der Waals surface area contributed by atoms with Gasteiger partial charge in [-0.15, -0.1) is 0 Å². The van der Waals surface area contributed by atoms with Crippen molar-refractivity contribution in [2.75, 3.05) is 0 Å². The number of rotatable bonds is 3. The molecule has 1 aliphatic heterocycles. The molecule has 1 fully saturated rings. The van der Waals surface area contributed by atoms with Crippen LogP contribution in [0.5, 0.6) is 0 Å². The Morgan fingerprint density at radius 2 is 1.96 bits per heavy atom. The largest absolute Gasteiger partial charge is 0.478 e. The molecule has 0 aliphatic carbocycles. The van der Waals surface area contributed by atoms with Crippen LogP contribution in [0.25, 0.3) is 17.4 Å². The van der Waals surface area contributed by atoms with E-state index in [0.717, 1.165) is 0 Å². The van der Waals surface area contributed by atoms with Crippen molar-refractivity contribution >= 4 is 24.0 Å². The lowest BCUT2D eigenvalue weighted by atomic mass is 10.0. The van der Waals surface area contributed by atoms with Gasteiger partial charge in [-0.1, -0.05) is 12.1 Å². The second kappa shape index (κ2) is 5.45. The Bertz CT molecular complexity index is 863. The fourth-order valence-electron chi connectivity index (χ4n) is 2.33. The van der Waals surface area contributed by atoms with Crippen LogP contribution in [0.15, 0.2) is 40.4 Å². The number of carboxylic acids is 1. The first kappa shape index (κ1) is 14.6. The average molecular weight is 312 g/mol. The average Bonchev–Trinajstić information content (AvgIpc) is 3.06. The Hall–Kier alpha value is -3.35. The van der Waals surface area contributed by atoms with E-state index in [4.69, 9.17) is 9.52 Å². The second-order valence-corrected chi connectivity index (χ2v) is 4.95. The minimum Gasteiger partial charge on any atom is -0.478 e. The van der Waals surface area contributed by atoms with Gasteiger partial charge in [0.25, 0.3) is 5.91 Å². The Morgan fingerprint density at radius 1 is 1.17 bits per heavy atom. The van der Waals surface area contributed by atoms with E-state index in [1.807, 2.05) is 0 Å². The molecule has 2 heterocycles. The molecule has 23 heavy (non-hydrogen) atoms. The number of amides is 3. The summed E-state index contributed by atoms with van der Waals surface area (Å²) in [7, 11) is 0. The SMILES string of the molecule is Cc1c(C(=O)O)cccc1-c1ccc(/C=C2\NC(=O)NC2=O)o1. The molecule has 0 spiro atoms. The van der Waals surface area contributed by atoms with E-state index in [1.54, 1.807) is 31.2 Å². The number of carbonyl (C=O) groups excluding carboxylic acids is 2. The van der Waals surface area contributed by atoms with E-state index in [2.05, 4.69) is 10.6 Å². The zero-order valence-corrected chi connectivity index (χ0v) is 12.0. The quantitative estimate of drug-likeness (QED) is 0.594. The van der Waals surface area contributed by atoms with Crippen LogP contribution in [0.4, 0.5) is 4.79 Å². The van der Waals surface area contributed by atoms with Crippen LogP contribution in [0.1, 0.15) is 21.7 Å². The number of nitrogens with one attached hydrogen (secondary N) is 2. The van der Waals surface area contributed by atoms with Gasteiger partial charge in [0.1, 0.15) is 17.2 Å². The van der Waals surface area contributed by atoms with Crippen molar-refractivity contribution in [3.8, 4) is 11.3 Å². The van der Waals surface area contributed by atoms with E-state index >= 15 is 0 Å². The summed E-state index contributed by atoms with van der Waals surface area (Å²) < 4.78 is 5.63. The van der Waals surface area contributed by atoms with Crippen molar-refractivity contribution < 1.29 is 23.9 Å². The molecule has 3 amide bonds. The van der Waals surface area contributed by atoms with Crippen molar-refractivity contribution in [1.29, 1.82) is 0 Å². The van der Waals surface area contributed by atoms with Crippen molar-refractivity contribution in [2.45, 2.75) is 6.92 Å². The molecule has 2 aromatic rings. The Kier molecular flexibility index (Phi) is 3.46. The van der Waals surface area contributed by atoms with E-state index in [9.17, 15) is 14.4 Å². The van der Waals surface area contributed by atoms with Crippen LogP contribution in [0.3, 0.4) is 0 Å². The molecule has 0 bridgehead atoms. The van der Waals surface area contributed by atoms with Crippen LogP contribution < -0.4 is 10.6 Å². The number of urea groups is 1. The Labute approximate surface area is 130 Å². The fourth-order valence-corrected chi connectivity index (χ4v) is 2.33. The van der Waals surface area contributed by atoms with E-state index in [1.165, 1.54) is 12.1 Å². The highest BCUT2D eigenvalue weighted by Gasteiger charge is 2.23. The standard InChI is InChI=1S/C16H12N2O5/c1-8-10(3-2-4-11(8)15(20)21)13-6-5-9(23-13)7-12-14(19)18-16(22)17-12/h2-7H,1H3,(H,20,21)(H2,17,18,19,22)/b12-7-. The lowest BCUT2D eigenvalue weighted by Crippen LogP contribution is -2.22. The van der Waals surface area contributed by atoms with Crippen molar-refractivity contribution in [3.63, 3.8) is 0 Å². The zero-order valence-electron chi connectivity index (χ0n) is 12.0. The normalized spacial score (nSPS) is 15.6. The molecule has 1 aliphatic rings. The maximum Gasteiger partial charge on any atom is 0.335 e. The molecule has 0 radical (unpaired) electrons. The number of hydrogen-bond acceptors (Lipinski definition) is 4. The van der Waals surface area contributed by atoms with Gasteiger partial charge in [0.15, 0.2) is 0 Å². The minimum atomic E-state index is -1.01. The number of carboxylic acid groups (broad SMARTS) is 1. The minimum absolute atomic E-state index is 0.0897. The number of benzene rings is 1. The Balaban J connectivity index is 1.96. The molecular weight excluding hydrogens is 300 g/mol. The van der Waals surface area contributed by atoms with Gasteiger partial charge in [-0.25, -0.2) is 9.59 Å². The summed E-state index contributed by atoms with van der Waals surface area (Å²) in [6.07, 6.45) is 1.40.